The maximum Gasteiger partial charge on any atom is 0.247 e. The maximum atomic E-state index is 13.9. The number of nitrogens with zero attached hydrogens (tertiary/aromatic N) is 8. The topological polar surface area (TPSA) is 127 Å². The van der Waals surface area contributed by atoms with Gasteiger partial charge in [-0.3, -0.25) is 14.3 Å². The summed E-state index contributed by atoms with van der Waals surface area (Å²) in [4.78, 5) is 36.6. The van der Waals surface area contributed by atoms with Crippen LogP contribution >= 0.6 is 11.6 Å². The Labute approximate surface area is 240 Å². The number of H-pyrrole nitrogens is 1. The van der Waals surface area contributed by atoms with Gasteiger partial charge in [-0.15, -0.1) is 5.10 Å². The molecule has 1 atom stereocenters. The number of hydrogen-bond donors (Lipinski definition) is 1. The molecule has 12 heteroatoms. The Kier molecular flexibility index (Phi) is 7.02. The normalized spacial score (nSPS) is 14.9. The van der Waals surface area contributed by atoms with Crippen LogP contribution in [0.1, 0.15) is 34.1 Å². The zero-order valence-electron chi connectivity index (χ0n) is 22.4. The molecule has 4 heterocycles. The number of Topliss-reactive ketones (excluding diaryl/α,β-unsaturated/α-hetero) is 1. The lowest BCUT2D eigenvalue weighted by Crippen LogP contribution is -2.43. The van der Waals surface area contributed by atoms with Gasteiger partial charge in [0, 0.05) is 72.3 Å². The molecule has 5 aromatic rings. The Bertz CT molecular complexity index is 1740. The third kappa shape index (κ3) is 5.19. The van der Waals surface area contributed by atoms with Crippen molar-refractivity contribution < 1.29 is 9.59 Å². The SMILES string of the molecule is Cc1c2c(nn1C)CCN(C(=O)/C=C/c1cc(Cl)ccc1-n1cnnn1)C2C(=O)Cc1ccc(-c2ncc[nH]2)cc1. The van der Waals surface area contributed by atoms with Crippen molar-refractivity contribution in [2.24, 2.45) is 7.05 Å². The van der Waals surface area contributed by atoms with Crippen LogP contribution in [0.4, 0.5) is 0 Å². The average molecular weight is 568 g/mol. The third-order valence-electron chi connectivity index (χ3n) is 7.31. The van der Waals surface area contributed by atoms with Crippen LogP contribution < -0.4 is 0 Å². The Balaban J connectivity index is 1.29. The van der Waals surface area contributed by atoms with Crippen molar-refractivity contribution in [3.05, 3.63) is 100 Å². The molecular weight excluding hydrogens is 542 g/mol. The molecule has 0 radical (unpaired) electrons. The lowest BCUT2D eigenvalue weighted by molar-refractivity contribution is -0.136. The van der Waals surface area contributed by atoms with E-state index in [1.807, 2.05) is 38.2 Å². The molecule has 3 aromatic heterocycles. The highest BCUT2D eigenvalue weighted by molar-refractivity contribution is 6.30. The standard InChI is InChI=1S/C29H26ClN9O2/c1-18-27-23(34-37(18)2)11-14-38(26(41)10-7-21-16-22(30)8-9-24(21)39-17-33-35-36-39)28(27)25(40)15-19-3-5-20(6-4-19)29-31-12-13-32-29/h3-10,12-13,16-17,28H,11,14-15H2,1-2H3,(H,31,32)/b10-7+. The van der Waals surface area contributed by atoms with E-state index in [0.717, 1.165) is 33.9 Å². The molecule has 1 N–H and O–H groups in total. The summed E-state index contributed by atoms with van der Waals surface area (Å²) < 4.78 is 3.27. The summed E-state index contributed by atoms with van der Waals surface area (Å²) in [7, 11) is 1.86. The number of aromatic nitrogens is 8. The number of amides is 1. The van der Waals surface area contributed by atoms with Crippen molar-refractivity contribution >= 4 is 29.4 Å². The number of ketones is 1. The Morgan fingerprint density at radius 2 is 2.00 bits per heavy atom. The predicted octanol–water partition coefficient (Wildman–Crippen LogP) is 3.70. The van der Waals surface area contributed by atoms with Gasteiger partial charge < -0.3 is 9.88 Å². The largest absolute Gasteiger partial charge is 0.345 e. The molecule has 1 unspecified atom stereocenters. The van der Waals surface area contributed by atoms with Gasteiger partial charge in [0.05, 0.1) is 11.4 Å². The molecule has 11 nitrogen and oxygen atoms in total. The minimum absolute atomic E-state index is 0.0771. The van der Waals surface area contributed by atoms with Crippen LogP contribution in [-0.2, 0) is 29.5 Å². The number of benzene rings is 2. The van der Waals surface area contributed by atoms with Gasteiger partial charge in [0.1, 0.15) is 18.2 Å². The molecular formula is C29H26ClN9O2. The number of aryl methyl sites for hydroxylation is 1. The first kappa shape index (κ1) is 26.3. The first-order chi connectivity index (χ1) is 19.9. The van der Waals surface area contributed by atoms with E-state index in [4.69, 9.17) is 11.6 Å². The van der Waals surface area contributed by atoms with E-state index in [2.05, 4.69) is 30.6 Å². The highest BCUT2D eigenvalue weighted by Gasteiger charge is 2.38. The molecule has 0 spiro atoms. The average Bonchev–Trinajstić information content (AvgIpc) is 3.75. The number of hydrogen-bond acceptors (Lipinski definition) is 7. The number of carbonyl (C=O) groups is 2. The number of tetrazole rings is 1. The second-order valence-electron chi connectivity index (χ2n) is 9.82. The number of carbonyl (C=O) groups excluding carboxylic acids is 2. The van der Waals surface area contributed by atoms with E-state index in [1.165, 1.54) is 17.1 Å². The third-order valence-corrected chi connectivity index (χ3v) is 7.55. The van der Waals surface area contributed by atoms with E-state index in [0.29, 0.717) is 29.2 Å². The van der Waals surface area contributed by atoms with Crippen molar-refractivity contribution in [3.63, 3.8) is 0 Å². The van der Waals surface area contributed by atoms with Gasteiger partial charge in [-0.05, 0) is 47.2 Å². The van der Waals surface area contributed by atoms with E-state index in [1.54, 1.807) is 46.3 Å². The monoisotopic (exact) mass is 567 g/mol. The highest BCUT2D eigenvalue weighted by atomic mass is 35.5. The van der Waals surface area contributed by atoms with Crippen LogP contribution in [-0.4, -0.2) is 63.1 Å². The van der Waals surface area contributed by atoms with Crippen molar-refractivity contribution in [3.8, 4) is 17.1 Å². The molecule has 0 bridgehead atoms. The molecule has 0 saturated heterocycles. The van der Waals surface area contributed by atoms with E-state index in [-0.39, 0.29) is 18.1 Å². The number of rotatable bonds is 7. The van der Waals surface area contributed by atoms with Gasteiger partial charge in [-0.2, -0.15) is 9.78 Å². The Morgan fingerprint density at radius 3 is 2.73 bits per heavy atom. The number of nitrogens with one attached hydrogen (secondary N) is 1. The van der Waals surface area contributed by atoms with Crippen LogP contribution in [0, 0.1) is 6.92 Å². The summed E-state index contributed by atoms with van der Waals surface area (Å²) >= 11 is 6.25. The summed E-state index contributed by atoms with van der Waals surface area (Å²) in [6, 6.07) is 12.2. The fourth-order valence-electron chi connectivity index (χ4n) is 5.21. The summed E-state index contributed by atoms with van der Waals surface area (Å²) in [5, 5.41) is 16.5. The lowest BCUT2D eigenvalue weighted by atomic mass is 9.90. The van der Waals surface area contributed by atoms with Crippen molar-refractivity contribution in [2.45, 2.75) is 25.8 Å². The summed E-state index contributed by atoms with van der Waals surface area (Å²) in [6.45, 7) is 2.30. The molecule has 1 aliphatic rings. The number of imidazole rings is 1. The van der Waals surface area contributed by atoms with E-state index >= 15 is 0 Å². The molecule has 0 saturated carbocycles. The number of fused-ring (bicyclic) bond motifs is 1. The van der Waals surface area contributed by atoms with Gasteiger partial charge >= 0.3 is 0 Å². The quantitative estimate of drug-likeness (QED) is 0.297. The molecule has 206 valence electrons. The number of halogens is 1. The summed E-state index contributed by atoms with van der Waals surface area (Å²) in [5.41, 5.74) is 5.62. The molecule has 2 aromatic carbocycles. The smallest absolute Gasteiger partial charge is 0.247 e. The first-order valence-electron chi connectivity index (χ1n) is 13.0. The van der Waals surface area contributed by atoms with Crippen LogP contribution in [0.5, 0.6) is 0 Å². The van der Waals surface area contributed by atoms with Crippen molar-refractivity contribution in [1.29, 1.82) is 0 Å². The fraction of sp³-hybridized carbons (Fsp3) is 0.207. The summed E-state index contributed by atoms with van der Waals surface area (Å²) in [5.74, 6) is 0.400. The summed E-state index contributed by atoms with van der Waals surface area (Å²) in [6.07, 6.45) is 8.80. The molecule has 6 rings (SSSR count). The van der Waals surface area contributed by atoms with Gasteiger partial charge in [-0.1, -0.05) is 35.9 Å². The van der Waals surface area contributed by atoms with Gasteiger partial charge in [-0.25, -0.2) is 4.98 Å². The zero-order valence-corrected chi connectivity index (χ0v) is 23.2. The minimum atomic E-state index is -0.757. The van der Waals surface area contributed by atoms with Gasteiger partial charge in [0.25, 0.3) is 0 Å². The van der Waals surface area contributed by atoms with Crippen LogP contribution in [0.3, 0.4) is 0 Å². The molecule has 1 aliphatic heterocycles. The second-order valence-corrected chi connectivity index (χ2v) is 10.3. The van der Waals surface area contributed by atoms with Crippen LogP contribution in [0.15, 0.2) is 67.3 Å². The lowest BCUT2D eigenvalue weighted by Gasteiger charge is -2.34. The first-order valence-corrected chi connectivity index (χ1v) is 13.4. The molecule has 0 fully saturated rings. The Hall–Kier alpha value is -4.90. The number of aromatic amines is 1. The van der Waals surface area contributed by atoms with Crippen molar-refractivity contribution in [2.75, 3.05) is 6.54 Å². The van der Waals surface area contributed by atoms with Crippen LogP contribution in [0.25, 0.3) is 23.2 Å². The van der Waals surface area contributed by atoms with Crippen LogP contribution in [0.2, 0.25) is 5.02 Å². The molecule has 0 aliphatic carbocycles. The predicted molar refractivity (Wildman–Crippen MR) is 152 cm³/mol. The fourth-order valence-corrected chi connectivity index (χ4v) is 5.39. The molecule has 41 heavy (non-hydrogen) atoms. The van der Waals surface area contributed by atoms with E-state index in [9.17, 15) is 9.59 Å². The second kappa shape index (κ2) is 10.9. The molecule has 1 amide bonds. The van der Waals surface area contributed by atoms with Gasteiger partial charge in [0.15, 0.2) is 5.78 Å². The van der Waals surface area contributed by atoms with Crippen molar-refractivity contribution in [1.82, 2.24) is 44.9 Å². The zero-order chi connectivity index (χ0) is 28.5. The van der Waals surface area contributed by atoms with Gasteiger partial charge in [0.2, 0.25) is 5.91 Å². The maximum absolute atomic E-state index is 13.9. The highest BCUT2D eigenvalue weighted by Crippen LogP contribution is 2.34. The minimum Gasteiger partial charge on any atom is -0.345 e. The van der Waals surface area contributed by atoms with E-state index < -0.39 is 6.04 Å². The Morgan fingerprint density at radius 1 is 1.17 bits per heavy atom.